The molecule has 1 N–H and O–H groups in total. The number of nitro benzene ring substituents is 1. The third-order valence-electron chi connectivity index (χ3n) is 3.45. The number of benzene rings is 3. The smallest absolute Gasteiger partial charge is 0.275 e. The normalized spacial score (nSPS) is 10.2. The lowest BCUT2D eigenvalue weighted by Crippen LogP contribution is -2.11. The third-order valence-corrected chi connectivity index (χ3v) is 3.97. The van der Waals surface area contributed by atoms with Crippen molar-refractivity contribution < 1.29 is 14.5 Å². The Labute approximate surface area is 157 Å². The molecule has 0 heterocycles. The number of halogens is 1. The van der Waals surface area contributed by atoms with Crippen LogP contribution in [-0.2, 0) is 0 Å². The minimum Gasteiger partial charge on any atom is -0.457 e. The molecule has 0 aliphatic heterocycles. The Bertz CT molecular complexity index is 944. The monoisotopic (exact) mass is 412 g/mol. The van der Waals surface area contributed by atoms with Gasteiger partial charge >= 0.3 is 0 Å². The van der Waals surface area contributed by atoms with Crippen LogP contribution in [0, 0.1) is 10.1 Å². The predicted molar refractivity (Wildman–Crippen MR) is 102 cm³/mol. The molecule has 0 spiro atoms. The number of ether oxygens (including phenoxy) is 1. The van der Waals surface area contributed by atoms with Gasteiger partial charge in [0.1, 0.15) is 11.5 Å². The van der Waals surface area contributed by atoms with Gasteiger partial charge in [0.2, 0.25) is 0 Å². The van der Waals surface area contributed by atoms with Crippen LogP contribution in [0.15, 0.2) is 77.3 Å². The number of amides is 1. The van der Waals surface area contributed by atoms with Gasteiger partial charge in [-0.05, 0) is 36.4 Å². The van der Waals surface area contributed by atoms with Gasteiger partial charge in [-0.15, -0.1) is 0 Å². The molecule has 130 valence electrons. The third kappa shape index (κ3) is 4.46. The van der Waals surface area contributed by atoms with E-state index in [2.05, 4.69) is 21.2 Å². The van der Waals surface area contributed by atoms with Crippen molar-refractivity contribution in [3.8, 4) is 11.5 Å². The van der Waals surface area contributed by atoms with E-state index in [-0.39, 0.29) is 23.0 Å². The zero-order chi connectivity index (χ0) is 18.5. The molecule has 26 heavy (non-hydrogen) atoms. The zero-order valence-corrected chi connectivity index (χ0v) is 15.0. The molecule has 6 nitrogen and oxygen atoms in total. The van der Waals surface area contributed by atoms with Gasteiger partial charge in [-0.3, -0.25) is 14.9 Å². The van der Waals surface area contributed by atoms with Crippen LogP contribution in [0.2, 0.25) is 0 Å². The number of rotatable bonds is 5. The van der Waals surface area contributed by atoms with E-state index in [1.807, 2.05) is 0 Å². The van der Waals surface area contributed by atoms with Crippen LogP contribution < -0.4 is 10.1 Å². The van der Waals surface area contributed by atoms with Gasteiger partial charge in [-0.25, -0.2) is 0 Å². The highest BCUT2D eigenvalue weighted by Crippen LogP contribution is 2.30. The summed E-state index contributed by atoms with van der Waals surface area (Å²) >= 11 is 3.33. The summed E-state index contributed by atoms with van der Waals surface area (Å²) in [6.45, 7) is 0. The molecule has 7 heteroatoms. The molecule has 0 saturated carbocycles. The van der Waals surface area contributed by atoms with E-state index in [0.717, 1.165) is 4.47 Å². The maximum Gasteiger partial charge on any atom is 0.275 e. The van der Waals surface area contributed by atoms with E-state index in [4.69, 9.17) is 4.74 Å². The van der Waals surface area contributed by atoms with E-state index in [0.29, 0.717) is 11.3 Å². The van der Waals surface area contributed by atoms with Crippen molar-refractivity contribution in [3.63, 3.8) is 0 Å². The van der Waals surface area contributed by atoms with E-state index in [1.54, 1.807) is 54.6 Å². The molecule has 0 aromatic heterocycles. The topological polar surface area (TPSA) is 81.5 Å². The number of anilines is 1. The molecule has 0 unspecified atom stereocenters. The summed E-state index contributed by atoms with van der Waals surface area (Å²) in [4.78, 5) is 22.9. The molecule has 0 saturated heterocycles. The number of nitro groups is 1. The van der Waals surface area contributed by atoms with E-state index >= 15 is 0 Å². The average molecular weight is 413 g/mol. The highest BCUT2D eigenvalue weighted by atomic mass is 79.9. The molecule has 0 atom stereocenters. The van der Waals surface area contributed by atoms with E-state index in [9.17, 15) is 14.9 Å². The highest BCUT2D eigenvalue weighted by Gasteiger charge is 2.14. The molecule has 0 aliphatic carbocycles. The molecule has 0 radical (unpaired) electrons. The standard InChI is InChI=1S/C19H13BrN2O4/c20-14-6-8-17(9-7-14)26-18-11-15(10-16(12-18)22(24)25)21-19(23)13-4-2-1-3-5-13/h1-12H,(H,21,23). The van der Waals surface area contributed by atoms with Crippen LogP contribution in [0.4, 0.5) is 11.4 Å². The molecule has 0 fully saturated rings. The van der Waals surface area contributed by atoms with Crippen LogP contribution in [0.1, 0.15) is 10.4 Å². The van der Waals surface area contributed by atoms with Gasteiger partial charge in [-0.2, -0.15) is 0 Å². The van der Waals surface area contributed by atoms with E-state index in [1.165, 1.54) is 18.2 Å². The van der Waals surface area contributed by atoms with Gasteiger partial charge in [0.15, 0.2) is 0 Å². The van der Waals surface area contributed by atoms with Crippen molar-refractivity contribution in [1.82, 2.24) is 0 Å². The molecule has 0 aliphatic rings. The maximum absolute atomic E-state index is 12.3. The van der Waals surface area contributed by atoms with Gasteiger partial charge in [-0.1, -0.05) is 34.1 Å². The van der Waals surface area contributed by atoms with Crippen molar-refractivity contribution in [2.75, 3.05) is 5.32 Å². The second-order valence-electron chi connectivity index (χ2n) is 5.35. The van der Waals surface area contributed by atoms with E-state index < -0.39 is 4.92 Å². The summed E-state index contributed by atoms with van der Waals surface area (Å²) in [6, 6.07) is 19.8. The minimum absolute atomic E-state index is 0.178. The van der Waals surface area contributed by atoms with Crippen LogP contribution >= 0.6 is 15.9 Å². The number of carbonyl (C=O) groups excluding carboxylic acids is 1. The van der Waals surface area contributed by atoms with Crippen LogP contribution in [0.5, 0.6) is 11.5 Å². The first-order valence-electron chi connectivity index (χ1n) is 7.60. The second kappa shape index (κ2) is 7.79. The highest BCUT2D eigenvalue weighted by molar-refractivity contribution is 9.10. The number of non-ortho nitro benzene ring substituents is 1. The molecule has 3 aromatic carbocycles. The largest absolute Gasteiger partial charge is 0.457 e. The number of carbonyl (C=O) groups is 1. The van der Waals surface area contributed by atoms with Crippen LogP contribution in [0.25, 0.3) is 0 Å². The van der Waals surface area contributed by atoms with Crippen LogP contribution in [0.3, 0.4) is 0 Å². The fourth-order valence-corrected chi connectivity index (χ4v) is 2.52. The van der Waals surface area contributed by atoms with Crippen molar-refractivity contribution >= 4 is 33.2 Å². The SMILES string of the molecule is O=C(Nc1cc(Oc2ccc(Br)cc2)cc([N+](=O)[O-])c1)c1ccccc1. The first kappa shape index (κ1) is 17.6. The summed E-state index contributed by atoms with van der Waals surface area (Å²) in [7, 11) is 0. The lowest BCUT2D eigenvalue weighted by atomic mass is 10.2. The maximum atomic E-state index is 12.3. The molecule has 0 bridgehead atoms. The lowest BCUT2D eigenvalue weighted by Gasteiger charge is -2.09. The Hall–Kier alpha value is -3.19. The van der Waals surface area contributed by atoms with Crippen molar-refractivity contribution in [2.45, 2.75) is 0 Å². The van der Waals surface area contributed by atoms with Gasteiger partial charge in [0.25, 0.3) is 11.6 Å². The average Bonchev–Trinajstić information content (AvgIpc) is 2.64. The Kier molecular flexibility index (Phi) is 5.28. The number of hydrogen-bond donors (Lipinski definition) is 1. The fraction of sp³-hybridized carbons (Fsp3) is 0. The molecule has 3 aromatic rings. The van der Waals surface area contributed by atoms with Crippen molar-refractivity contribution in [1.29, 1.82) is 0 Å². The Balaban J connectivity index is 1.87. The fourth-order valence-electron chi connectivity index (χ4n) is 2.25. The van der Waals surface area contributed by atoms with Gasteiger partial charge < -0.3 is 10.1 Å². The number of nitrogens with one attached hydrogen (secondary N) is 1. The first-order valence-corrected chi connectivity index (χ1v) is 8.40. The molecular weight excluding hydrogens is 400 g/mol. The molecule has 1 amide bonds. The Morgan fingerprint density at radius 1 is 0.962 bits per heavy atom. The van der Waals surface area contributed by atoms with Crippen molar-refractivity contribution in [3.05, 3.63) is 92.9 Å². The zero-order valence-electron chi connectivity index (χ0n) is 13.4. The Morgan fingerprint density at radius 2 is 1.65 bits per heavy atom. The minimum atomic E-state index is -0.535. The number of hydrogen-bond acceptors (Lipinski definition) is 4. The van der Waals surface area contributed by atoms with Gasteiger partial charge in [0, 0.05) is 22.2 Å². The second-order valence-corrected chi connectivity index (χ2v) is 6.26. The van der Waals surface area contributed by atoms with Gasteiger partial charge in [0.05, 0.1) is 16.7 Å². The van der Waals surface area contributed by atoms with Crippen molar-refractivity contribution in [2.24, 2.45) is 0 Å². The molecule has 3 rings (SSSR count). The summed E-state index contributed by atoms with van der Waals surface area (Å²) in [5.74, 6) is 0.416. The summed E-state index contributed by atoms with van der Waals surface area (Å²) < 4.78 is 6.56. The first-order chi connectivity index (χ1) is 12.5. The summed E-state index contributed by atoms with van der Waals surface area (Å²) in [6.07, 6.45) is 0. The Morgan fingerprint density at radius 3 is 2.31 bits per heavy atom. The lowest BCUT2D eigenvalue weighted by molar-refractivity contribution is -0.384. The summed E-state index contributed by atoms with van der Waals surface area (Å²) in [5.41, 5.74) is 0.553. The predicted octanol–water partition coefficient (Wildman–Crippen LogP) is 5.40. The van der Waals surface area contributed by atoms with Crippen LogP contribution in [-0.4, -0.2) is 10.8 Å². The quantitative estimate of drug-likeness (QED) is 0.449. The summed E-state index contributed by atoms with van der Waals surface area (Å²) in [5, 5.41) is 13.8. The molecular formula is C19H13BrN2O4. The number of nitrogens with zero attached hydrogens (tertiary/aromatic N) is 1.